The third-order valence-electron chi connectivity index (χ3n) is 3.78. The van der Waals surface area contributed by atoms with E-state index in [4.69, 9.17) is 4.74 Å². The number of likely N-dealkylation sites (tertiary alicyclic amines) is 1. The Morgan fingerprint density at radius 2 is 2.13 bits per heavy atom. The van der Waals surface area contributed by atoms with Crippen LogP contribution >= 0.6 is 0 Å². The van der Waals surface area contributed by atoms with Crippen LogP contribution < -0.4 is 5.32 Å². The van der Waals surface area contributed by atoms with E-state index >= 15 is 0 Å². The van der Waals surface area contributed by atoms with Crippen LogP contribution in [0.2, 0.25) is 0 Å². The van der Waals surface area contributed by atoms with Crippen molar-refractivity contribution in [2.45, 2.75) is 43.9 Å². The molecule has 3 fully saturated rings. The summed E-state index contributed by atoms with van der Waals surface area (Å²) in [5, 5.41) is 3.40. The number of fused-ring (bicyclic) bond motifs is 1. The number of amides is 1. The highest BCUT2D eigenvalue weighted by atomic mass is 16.5. The Labute approximate surface area is 90.0 Å². The van der Waals surface area contributed by atoms with Gasteiger partial charge in [0.15, 0.2) is 0 Å². The van der Waals surface area contributed by atoms with Gasteiger partial charge in [-0.15, -0.1) is 0 Å². The van der Waals surface area contributed by atoms with Gasteiger partial charge in [-0.1, -0.05) is 0 Å². The van der Waals surface area contributed by atoms with Gasteiger partial charge in [-0.2, -0.15) is 0 Å². The van der Waals surface area contributed by atoms with E-state index in [1.54, 1.807) is 0 Å². The Morgan fingerprint density at radius 1 is 1.33 bits per heavy atom. The summed E-state index contributed by atoms with van der Waals surface area (Å²) in [5.41, 5.74) is 0. The molecule has 3 atom stereocenters. The Morgan fingerprint density at radius 3 is 2.87 bits per heavy atom. The van der Waals surface area contributed by atoms with E-state index in [-0.39, 0.29) is 12.0 Å². The normalized spacial score (nSPS) is 39.7. The van der Waals surface area contributed by atoms with Crippen molar-refractivity contribution in [3.05, 3.63) is 0 Å². The summed E-state index contributed by atoms with van der Waals surface area (Å²) < 4.78 is 5.81. The first kappa shape index (κ1) is 9.60. The zero-order valence-corrected chi connectivity index (χ0v) is 8.95. The maximum absolute atomic E-state index is 12.1. The van der Waals surface area contributed by atoms with Crippen molar-refractivity contribution >= 4 is 5.91 Å². The van der Waals surface area contributed by atoms with Gasteiger partial charge >= 0.3 is 0 Å². The lowest BCUT2D eigenvalue weighted by Crippen LogP contribution is -2.37. The van der Waals surface area contributed by atoms with Crippen LogP contribution in [-0.4, -0.2) is 48.7 Å². The van der Waals surface area contributed by atoms with Crippen LogP contribution in [0.3, 0.4) is 0 Å². The molecular weight excluding hydrogens is 192 g/mol. The van der Waals surface area contributed by atoms with Crippen LogP contribution in [0.25, 0.3) is 0 Å². The molecule has 3 saturated heterocycles. The highest BCUT2D eigenvalue weighted by Gasteiger charge is 2.42. The van der Waals surface area contributed by atoms with Crippen LogP contribution in [0.5, 0.6) is 0 Å². The topological polar surface area (TPSA) is 41.6 Å². The summed E-state index contributed by atoms with van der Waals surface area (Å²) in [4.78, 5) is 14.0. The van der Waals surface area contributed by atoms with Gasteiger partial charge in [0, 0.05) is 25.6 Å². The number of rotatable bonds is 1. The first-order chi connectivity index (χ1) is 7.34. The standard InChI is InChI=1S/C11H18N2O2/c14-11(13-5-1-2-6-13)10-7-8-9(15-10)3-4-12-8/h8-10,12H,1-7H2/t8-,9-,10+/m1/s1. The zero-order chi connectivity index (χ0) is 10.3. The van der Waals surface area contributed by atoms with Crippen molar-refractivity contribution in [2.24, 2.45) is 0 Å². The van der Waals surface area contributed by atoms with Crippen LogP contribution in [0.1, 0.15) is 25.7 Å². The fraction of sp³-hybridized carbons (Fsp3) is 0.909. The molecule has 0 radical (unpaired) electrons. The second kappa shape index (κ2) is 3.76. The fourth-order valence-electron chi connectivity index (χ4n) is 2.94. The van der Waals surface area contributed by atoms with Crippen LogP contribution in [0.4, 0.5) is 0 Å². The summed E-state index contributed by atoms with van der Waals surface area (Å²) in [5.74, 6) is 0.226. The molecule has 15 heavy (non-hydrogen) atoms. The van der Waals surface area contributed by atoms with Gasteiger partial charge in [-0.25, -0.2) is 0 Å². The molecule has 84 valence electrons. The summed E-state index contributed by atoms with van der Waals surface area (Å²) in [7, 11) is 0. The zero-order valence-electron chi connectivity index (χ0n) is 8.95. The predicted molar refractivity (Wildman–Crippen MR) is 55.5 cm³/mol. The Balaban J connectivity index is 1.61. The Bertz CT molecular complexity index is 251. The molecule has 0 bridgehead atoms. The Hall–Kier alpha value is -0.610. The number of hydrogen-bond donors (Lipinski definition) is 1. The van der Waals surface area contributed by atoms with Crippen molar-refractivity contribution in [3.8, 4) is 0 Å². The molecule has 0 aromatic rings. The molecular formula is C11H18N2O2. The van der Waals surface area contributed by atoms with Crippen molar-refractivity contribution in [2.75, 3.05) is 19.6 Å². The molecule has 0 aliphatic carbocycles. The first-order valence-electron chi connectivity index (χ1n) is 6.02. The molecule has 3 aliphatic rings. The number of hydrogen-bond acceptors (Lipinski definition) is 3. The number of ether oxygens (including phenoxy) is 1. The van der Waals surface area contributed by atoms with Crippen LogP contribution in [-0.2, 0) is 9.53 Å². The molecule has 0 aromatic heterocycles. The van der Waals surface area contributed by atoms with Crippen molar-refractivity contribution in [3.63, 3.8) is 0 Å². The molecule has 4 heteroatoms. The summed E-state index contributed by atoms with van der Waals surface area (Å²) in [6, 6.07) is 0.432. The van der Waals surface area contributed by atoms with E-state index in [1.807, 2.05) is 4.90 Å². The largest absolute Gasteiger partial charge is 0.363 e. The summed E-state index contributed by atoms with van der Waals surface area (Å²) in [6.45, 7) is 2.91. The van der Waals surface area contributed by atoms with Gasteiger partial charge in [0.1, 0.15) is 6.10 Å². The lowest BCUT2D eigenvalue weighted by molar-refractivity contribution is -0.141. The minimum absolute atomic E-state index is 0.161. The van der Waals surface area contributed by atoms with Gasteiger partial charge in [-0.05, 0) is 25.8 Å². The second-order valence-electron chi connectivity index (χ2n) is 4.78. The lowest BCUT2D eigenvalue weighted by Gasteiger charge is -2.20. The molecule has 0 spiro atoms. The van der Waals surface area contributed by atoms with E-state index in [0.29, 0.717) is 12.1 Å². The molecule has 0 unspecified atom stereocenters. The third kappa shape index (κ3) is 1.66. The van der Waals surface area contributed by atoms with Gasteiger partial charge in [-0.3, -0.25) is 4.79 Å². The molecule has 4 nitrogen and oxygen atoms in total. The highest BCUT2D eigenvalue weighted by molar-refractivity contribution is 5.81. The van der Waals surface area contributed by atoms with Gasteiger partial charge < -0.3 is 15.0 Å². The monoisotopic (exact) mass is 210 g/mol. The smallest absolute Gasteiger partial charge is 0.251 e. The molecule has 1 amide bonds. The average Bonchev–Trinajstić information content (AvgIpc) is 2.92. The first-order valence-corrected chi connectivity index (χ1v) is 6.02. The fourth-order valence-corrected chi connectivity index (χ4v) is 2.94. The SMILES string of the molecule is O=C([C@@H]1C[C@H]2NCC[C@H]2O1)N1CCCC1. The molecule has 3 rings (SSSR count). The molecule has 1 N–H and O–H groups in total. The lowest BCUT2D eigenvalue weighted by atomic mass is 10.1. The van der Waals surface area contributed by atoms with Crippen LogP contribution in [0, 0.1) is 0 Å². The molecule has 3 aliphatic heterocycles. The molecule has 3 heterocycles. The maximum atomic E-state index is 12.1. The van der Waals surface area contributed by atoms with E-state index in [2.05, 4.69) is 5.32 Å². The van der Waals surface area contributed by atoms with E-state index in [0.717, 1.165) is 45.3 Å². The van der Waals surface area contributed by atoms with Gasteiger partial charge in [0.25, 0.3) is 5.91 Å². The highest BCUT2D eigenvalue weighted by Crippen LogP contribution is 2.28. The average molecular weight is 210 g/mol. The van der Waals surface area contributed by atoms with E-state index in [9.17, 15) is 4.79 Å². The van der Waals surface area contributed by atoms with Gasteiger partial charge in [0.2, 0.25) is 0 Å². The van der Waals surface area contributed by atoms with Crippen molar-refractivity contribution in [1.29, 1.82) is 0 Å². The number of nitrogens with zero attached hydrogens (tertiary/aromatic N) is 1. The third-order valence-corrected chi connectivity index (χ3v) is 3.78. The number of carbonyl (C=O) groups is 1. The van der Waals surface area contributed by atoms with E-state index in [1.165, 1.54) is 0 Å². The second-order valence-corrected chi connectivity index (χ2v) is 4.78. The number of carbonyl (C=O) groups excluding carboxylic acids is 1. The Kier molecular flexibility index (Phi) is 2.41. The van der Waals surface area contributed by atoms with Crippen molar-refractivity contribution < 1.29 is 9.53 Å². The minimum Gasteiger partial charge on any atom is -0.363 e. The summed E-state index contributed by atoms with van der Waals surface area (Å²) in [6.07, 6.45) is 4.38. The minimum atomic E-state index is -0.161. The molecule has 0 saturated carbocycles. The number of nitrogens with one attached hydrogen (secondary N) is 1. The quantitative estimate of drug-likeness (QED) is 0.669. The maximum Gasteiger partial charge on any atom is 0.251 e. The van der Waals surface area contributed by atoms with Gasteiger partial charge in [0.05, 0.1) is 6.10 Å². The molecule has 0 aromatic carbocycles. The predicted octanol–water partition coefficient (Wildman–Crippen LogP) is 0.128. The van der Waals surface area contributed by atoms with Crippen LogP contribution in [0.15, 0.2) is 0 Å². The summed E-state index contributed by atoms with van der Waals surface area (Å²) >= 11 is 0. The van der Waals surface area contributed by atoms with Crippen molar-refractivity contribution in [1.82, 2.24) is 10.2 Å². The van der Waals surface area contributed by atoms with E-state index < -0.39 is 0 Å².